The lowest BCUT2D eigenvalue weighted by molar-refractivity contribution is -0.184. The Bertz CT molecular complexity index is 1160. The first kappa shape index (κ1) is 30.2. The SMILES string of the molecule is CC[C@@H]1C[C@H](OC(=O)OC(C)OC(=O)[C@@]2(N)[C@H]3[C@@H](C[C@H]2OCc2ccc(F)cc2)[C@]3(F)C(=O)O)C(C)(C)C1(C)C. The number of benzene rings is 1. The van der Waals surface area contributed by atoms with Crippen LogP contribution in [0.15, 0.2) is 24.3 Å². The number of halogens is 2. The van der Waals surface area contributed by atoms with E-state index in [1.54, 1.807) is 0 Å². The lowest BCUT2D eigenvalue weighted by Gasteiger charge is -2.40. The van der Waals surface area contributed by atoms with E-state index in [-0.39, 0.29) is 23.9 Å². The molecule has 8 atom stereocenters. The van der Waals surface area contributed by atoms with Crippen molar-refractivity contribution in [2.75, 3.05) is 0 Å². The molecule has 0 aliphatic heterocycles. The van der Waals surface area contributed by atoms with Crippen LogP contribution in [0.25, 0.3) is 0 Å². The highest BCUT2D eigenvalue weighted by Gasteiger charge is 2.85. The molecule has 0 aromatic heterocycles. The Kier molecular flexibility index (Phi) is 7.73. The van der Waals surface area contributed by atoms with Crippen molar-refractivity contribution in [2.24, 2.45) is 34.3 Å². The van der Waals surface area contributed by atoms with Crippen LogP contribution in [-0.4, -0.2) is 52.9 Å². The van der Waals surface area contributed by atoms with Gasteiger partial charge in [-0.25, -0.2) is 23.2 Å². The minimum atomic E-state index is -2.71. The zero-order valence-corrected chi connectivity index (χ0v) is 23.7. The summed E-state index contributed by atoms with van der Waals surface area (Å²) in [5, 5.41) is 9.46. The number of esters is 1. The van der Waals surface area contributed by atoms with Crippen molar-refractivity contribution in [1.29, 1.82) is 0 Å². The first-order valence-corrected chi connectivity index (χ1v) is 13.7. The molecule has 4 rings (SSSR count). The third-order valence-electron chi connectivity index (χ3n) is 10.1. The Morgan fingerprint density at radius 3 is 2.23 bits per heavy atom. The van der Waals surface area contributed by atoms with Gasteiger partial charge in [0.05, 0.1) is 12.7 Å². The second kappa shape index (κ2) is 10.2. The van der Waals surface area contributed by atoms with Crippen LogP contribution in [0.4, 0.5) is 13.6 Å². The number of alkyl halides is 1. The fourth-order valence-electron chi connectivity index (χ4n) is 6.79. The molecule has 9 nitrogen and oxygen atoms in total. The number of hydrogen-bond donors (Lipinski definition) is 2. The van der Waals surface area contributed by atoms with Crippen LogP contribution in [-0.2, 0) is 35.1 Å². The topological polar surface area (TPSA) is 134 Å². The zero-order valence-electron chi connectivity index (χ0n) is 23.7. The molecule has 3 aliphatic rings. The van der Waals surface area contributed by atoms with Gasteiger partial charge in [-0.2, -0.15) is 0 Å². The van der Waals surface area contributed by atoms with Crippen LogP contribution < -0.4 is 5.73 Å². The third kappa shape index (κ3) is 4.74. The molecule has 1 aromatic rings. The fraction of sp³-hybridized carbons (Fsp3) is 0.690. The molecule has 1 aromatic carbocycles. The monoisotopic (exact) mass is 567 g/mol. The smallest absolute Gasteiger partial charge is 0.479 e. The number of carboxylic acid groups (broad SMARTS) is 1. The summed E-state index contributed by atoms with van der Waals surface area (Å²) < 4.78 is 50.4. The minimum absolute atomic E-state index is 0.0758. The maximum Gasteiger partial charge on any atom is 0.511 e. The predicted octanol–water partition coefficient (Wildman–Crippen LogP) is 4.74. The summed E-state index contributed by atoms with van der Waals surface area (Å²) in [5.74, 6) is -5.43. The summed E-state index contributed by atoms with van der Waals surface area (Å²) in [6, 6.07) is 5.43. The van der Waals surface area contributed by atoms with E-state index in [2.05, 4.69) is 20.8 Å². The molecule has 222 valence electrons. The Hall–Kier alpha value is -2.79. The van der Waals surface area contributed by atoms with Crippen molar-refractivity contribution in [3.63, 3.8) is 0 Å². The number of carbonyl (C=O) groups excluding carboxylic acids is 2. The normalized spacial score (nSPS) is 35.9. The van der Waals surface area contributed by atoms with E-state index in [1.807, 2.05) is 13.8 Å². The van der Waals surface area contributed by atoms with Gasteiger partial charge in [-0.15, -0.1) is 0 Å². The van der Waals surface area contributed by atoms with Gasteiger partial charge in [0.25, 0.3) is 0 Å². The molecule has 1 unspecified atom stereocenters. The highest BCUT2D eigenvalue weighted by molar-refractivity contribution is 5.91. The molecule has 3 fully saturated rings. The van der Waals surface area contributed by atoms with Crippen molar-refractivity contribution in [1.82, 2.24) is 0 Å². The van der Waals surface area contributed by atoms with E-state index in [4.69, 9.17) is 24.7 Å². The molecular weight excluding hydrogens is 528 g/mol. The van der Waals surface area contributed by atoms with Gasteiger partial charge in [-0.1, -0.05) is 53.2 Å². The van der Waals surface area contributed by atoms with Crippen LogP contribution >= 0.6 is 0 Å². The van der Waals surface area contributed by atoms with E-state index < -0.39 is 65.5 Å². The first-order valence-electron chi connectivity index (χ1n) is 13.7. The van der Waals surface area contributed by atoms with Gasteiger partial charge in [-0.3, -0.25) is 0 Å². The quantitative estimate of drug-likeness (QED) is 0.320. The van der Waals surface area contributed by atoms with E-state index in [0.29, 0.717) is 17.9 Å². The Morgan fingerprint density at radius 1 is 1.05 bits per heavy atom. The average molecular weight is 568 g/mol. The Labute approximate surface area is 232 Å². The fourth-order valence-corrected chi connectivity index (χ4v) is 6.79. The molecule has 3 N–H and O–H groups in total. The predicted molar refractivity (Wildman–Crippen MR) is 138 cm³/mol. The largest absolute Gasteiger partial charge is 0.511 e. The van der Waals surface area contributed by atoms with E-state index in [9.17, 15) is 23.9 Å². The third-order valence-corrected chi connectivity index (χ3v) is 10.1. The molecule has 0 spiro atoms. The van der Waals surface area contributed by atoms with Gasteiger partial charge >= 0.3 is 18.1 Å². The molecule has 0 radical (unpaired) electrons. The molecule has 0 saturated heterocycles. The second-order valence-electron chi connectivity index (χ2n) is 12.5. The number of carboxylic acids is 1. The number of ether oxygens (including phenoxy) is 4. The summed E-state index contributed by atoms with van der Waals surface area (Å²) in [5.41, 5.74) is 1.68. The molecule has 11 heteroatoms. The molecule has 3 saturated carbocycles. The van der Waals surface area contributed by atoms with Crippen molar-refractivity contribution >= 4 is 18.1 Å². The van der Waals surface area contributed by atoms with Crippen LogP contribution in [0.5, 0.6) is 0 Å². The highest BCUT2D eigenvalue weighted by Crippen LogP contribution is 2.67. The average Bonchev–Trinajstić information content (AvgIpc) is 3.28. The lowest BCUT2D eigenvalue weighted by Crippen LogP contribution is -2.61. The number of aliphatic carboxylic acids is 1. The lowest BCUT2D eigenvalue weighted by atomic mass is 9.66. The van der Waals surface area contributed by atoms with Crippen LogP contribution in [0, 0.1) is 34.4 Å². The van der Waals surface area contributed by atoms with Crippen LogP contribution in [0.2, 0.25) is 0 Å². The summed E-state index contributed by atoms with van der Waals surface area (Å²) in [6.45, 7) is 11.7. The second-order valence-corrected chi connectivity index (χ2v) is 12.5. The number of carbonyl (C=O) groups is 3. The molecule has 40 heavy (non-hydrogen) atoms. The van der Waals surface area contributed by atoms with Crippen LogP contribution in [0.3, 0.4) is 0 Å². The van der Waals surface area contributed by atoms with Gasteiger partial charge in [0, 0.05) is 24.2 Å². The van der Waals surface area contributed by atoms with Crippen LogP contribution in [0.1, 0.15) is 66.4 Å². The standard InChI is InChI=1S/C29H39F2NO8/c1-7-17-12-20(27(5,6)26(17,3)4)40-25(36)39-15(2)38-24(35)29(32)21(13-19-22(29)28(19,31)23(33)34)37-14-16-8-10-18(30)11-9-16/h8-11,15,17,19-22H,7,12-14,32H2,1-6H3,(H,33,34)/t15?,17-,19-,20+,21-,22+,28-,29+/m1/s1. The summed E-state index contributed by atoms with van der Waals surface area (Å²) >= 11 is 0. The van der Waals surface area contributed by atoms with E-state index >= 15 is 4.39 Å². The number of hydrogen-bond acceptors (Lipinski definition) is 8. The number of rotatable bonds is 9. The van der Waals surface area contributed by atoms with Crippen molar-refractivity contribution < 1.29 is 47.2 Å². The van der Waals surface area contributed by atoms with E-state index in [0.717, 1.165) is 6.42 Å². The van der Waals surface area contributed by atoms with Crippen molar-refractivity contribution in [3.8, 4) is 0 Å². The van der Waals surface area contributed by atoms with E-state index in [1.165, 1.54) is 31.2 Å². The minimum Gasteiger partial charge on any atom is -0.479 e. The molecule has 0 bridgehead atoms. The summed E-state index contributed by atoms with van der Waals surface area (Å²) in [4.78, 5) is 37.6. The Morgan fingerprint density at radius 2 is 1.68 bits per heavy atom. The van der Waals surface area contributed by atoms with Crippen molar-refractivity contribution in [2.45, 2.75) is 97.1 Å². The van der Waals surface area contributed by atoms with Gasteiger partial charge in [0.15, 0.2) is 0 Å². The molecule has 3 aliphatic carbocycles. The van der Waals surface area contributed by atoms with Gasteiger partial charge < -0.3 is 29.8 Å². The summed E-state index contributed by atoms with van der Waals surface area (Å²) in [7, 11) is 0. The maximum absolute atomic E-state index is 15.3. The molecule has 0 heterocycles. The number of nitrogens with two attached hydrogens (primary N) is 1. The summed E-state index contributed by atoms with van der Waals surface area (Å²) in [6.07, 6.45) is -2.53. The highest BCUT2D eigenvalue weighted by atomic mass is 19.1. The zero-order chi connectivity index (χ0) is 29.8. The molecular formula is C29H39F2NO8. The van der Waals surface area contributed by atoms with Gasteiger partial charge in [0.1, 0.15) is 17.5 Å². The number of fused-ring (bicyclic) bond motifs is 1. The Balaban J connectivity index is 1.42. The van der Waals surface area contributed by atoms with Gasteiger partial charge in [0.2, 0.25) is 12.0 Å². The van der Waals surface area contributed by atoms with Gasteiger partial charge in [-0.05, 0) is 41.9 Å². The molecule has 0 amide bonds. The first-order chi connectivity index (χ1) is 18.5. The maximum atomic E-state index is 15.3. The van der Waals surface area contributed by atoms with Crippen molar-refractivity contribution in [3.05, 3.63) is 35.6 Å².